The summed E-state index contributed by atoms with van der Waals surface area (Å²) >= 11 is 0. The number of aryl methyl sites for hydroxylation is 2. The first kappa shape index (κ1) is 21.4. The van der Waals surface area contributed by atoms with Gasteiger partial charge in [0.15, 0.2) is 0 Å². The van der Waals surface area contributed by atoms with Gasteiger partial charge in [-0.1, -0.05) is 0 Å². The van der Waals surface area contributed by atoms with Crippen LogP contribution in [0.3, 0.4) is 0 Å². The van der Waals surface area contributed by atoms with Crippen molar-refractivity contribution < 1.29 is 27.4 Å². The highest BCUT2D eigenvalue weighted by atomic mass is 19.4. The van der Waals surface area contributed by atoms with Gasteiger partial charge in [-0.25, -0.2) is 9.50 Å². The van der Waals surface area contributed by atoms with E-state index in [0.29, 0.717) is 43.2 Å². The highest BCUT2D eigenvalue weighted by molar-refractivity contribution is 5.76. The lowest BCUT2D eigenvalue weighted by Crippen LogP contribution is -2.37. The highest BCUT2D eigenvalue weighted by Gasteiger charge is 2.37. The molecule has 1 saturated heterocycles. The molecule has 1 amide bonds. The van der Waals surface area contributed by atoms with Gasteiger partial charge in [0.2, 0.25) is 5.91 Å². The maximum Gasteiger partial charge on any atom is 0.453 e. The predicted octanol–water partition coefficient (Wildman–Crippen LogP) is 2.00. The smallest absolute Gasteiger partial charge is 0.379 e. The van der Waals surface area contributed by atoms with Gasteiger partial charge < -0.3 is 14.8 Å². The Morgan fingerprint density at radius 2 is 2.14 bits per heavy atom. The summed E-state index contributed by atoms with van der Waals surface area (Å²) in [6, 6.07) is -0.157. The number of aromatic nitrogens is 4. The molecule has 29 heavy (non-hydrogen) atoms. The Morgan fingerprint density at radius 3 is 2.79 bits per heavy atom. The quantitative estimate of drug-likeness (QED) is 0.744. The van der Waals surface area contributed by atoms with Crippen LogP contribution >= 0.6 is 0 Å². The number of ether oxygens (including phenoxy) is 2. The van der Waals surface area contributed by atoms with Crippen LogP contribution in [0.25, 0.3) is 5.78 Å². The first-order valence-electron chi connectivity index (χ1n) is 9.44. The van der Waals surface area contributed by atoms with E-state index in [1.807, 2.05) is 6.92 Å². The van der Waals surface area contributed by atoms with E-state index in [2.05, 4.69) is 20.4 Å². The Labute approximate surface area is 165 Å². The molecule has 2 unspecified atom stereocenters. The molecular weight excluding hydrogens is 391 g/mol. The lowest BCUT2D eigenvalue weighted by atomic mass is 10.1. The minimum absolute atomic E-state index is 0.0710. The Morgan fingerprint density at radius 1 is 1.38 bits per heavy atom. The average Bonchev–Trinajstić information content (AvgIpc) is 3.28. The minimum Gasteiger partial charge on any atom is -0.379 e. The van der Waals surface area contributed by atoms with E-state index >= 15 is 0 Å². The fourth-order valence-corrected chi connectivity index (χ4v) is 3.24. The zero-order valence-electron chi connectivity index (χ0n) is 16.5. The van der Waals surface area contributed by atoms with Crippen molar-refractivity contribution in [3.8, 4) is 0 Å². The minimum atomic E-state index is -4.64. The second-order valence-electron chi connectivity index (χ2n) is 7.19. The number of rotatable bonds is 7. The van der Waals surface area contributed by atoms with E-state index in [0.717, 1.165) is 10.9 Å². The van der Waals surface area contributed by atoms with Crippen LogP contribution in [0.4, 0.5) is 13.2 Å². The Hall–Kier alpha value is -2.27. The number of carbonyl (C=O) groups excluding carboxylic acids is 1. The molecule has 3 heterocycles. The number of nitrogens with one attached hydrogen (secondary N) is 1. The fourth-order valence-electron chi connectivity index (χ4n) is 3.24. The van der Waals surface area contributed by atoms with Gasteiger partial charge in [0.1, 0.15) is 0 Å². The standard InChI is InChI=1S/C18H24F3N5O3/c1-10(8-29-13-6-7-28-9-13)22-15(27)5-4-14-11(2)23-17-24-16(18(19,20)21)25-26(17)12(14)3/h10,13H,4-9H2,1-3H3,(H,22,27). The molecule has 11 heteroatoms. The molecule has 8 nitrogen and oxygen atoms in total. The number of carbonyl (C=O) groups is 1. The van der Waals surface area contributed by atoms with Crippen LogP contribution in [0.15, 0.2) is 0 Å². The molecule has 0 saturated carbocycles. The number of fused-ring (bicyclic) bond motifs is 1. The van der Waals surface area contributed by atoms with E-state index < -0.39 is 12.0 Å². The van der Waals surface area contributed by atoms with Crippen molar-refractivity contribution in [1.82, 2.24) is 24.9 Å². The molecule has 0 aliphatic carbocycles. The second kappa shape index (κ2) is 8.62. The van der Waals surface area contributed by atoms with Crippen LogP contribution in [0.2, 0.25) is 0 Å². The largest absolute Gasteiger partial charge is 0.453 e. The van der Waals surface area contributed by atoms with Crippen LogP contribution in [0, 0.1) is 13.8 Å². The van der Waals surface area contributed by atoms with Crippen LogP contribution in [-0.4, -0.2) is 57.5 Å². The molecule has 2 aromatic rings. The van der Waals surface area contributed by atoms with Crippen LogP contribution in [0.5, 0.6) is 0 Å². The number of amides is 1. The zero-order valence-corrected chi connectivity index (χ0v) is 16.5. The lowest BCUT2D eigenvalue weighted by Gasteiger charge is -2.17. The molecule has 2 atom stereocenters. The number of alkyl halides is 3. The highest BCUT2D eigenvalue weighted by Crippen LogP contribution is 2.27. The van der Waals surface area contributed by atoms with Gasteiger partial charge in [-0.3, -0.25) is 4.79 Å². The summed E-state index contributed by atoms with van der Waals surface area (Å²) in [5.74, 6) is -1.51. The third-order valence-electron chi connectivity index (χ3n) is 4.78. The topological polar surface area (TPSA) is 90.6 Å². The third kappa shape index (κ3) is 5.21. The summed E-state index contributed by atoms with van der Waals surface area (Å²) in [6.07, 6.45) is -3.21. The number of halogens is 3. The maximum absolute atomic E-state index is 12.9. The van der Waals surface area contributed by atoms with Crippen LogP contribution < -0.4 is 5.32 Å². The summed E-state index contributed by atoms with van der Waals surface area (Å²) < 4.78 is 50.6. The first-order chi connectivity index (χ1) is 13.6. The first-order valence-corrected chi connectivity index (χ1v) is 9.44. The molecular formula is C18H24F3N5O3. The van der Waals surface area contributed by atoms with Gasteiger partial charge in [0.05, 0.1) is 19.3 Å². The zero-order chi connectivity index (χ0) is 21.2. The molecule has 0 spiro atoms. The molecule has 1 aliphatic rings. The number of hydrogen-bond donors (Lipinski definition) is 1. The maximum atomic E-state index is 12.9. The van der Waals surface area contributed by atoms with Crippen LogP contribution in [0.1, 0.15) is 42.5 Å². The molecule has 1 fully saturated rings. The lowest BCUT2D eigenvalue weighted by molar-refractivity contribution is -0.144. The molecule has 160 valence electrons. The van der Waals surface area contributed by atoms with E-state index in [1.165, 1.54) is 0 Å². The molecule has 1 N–H and O–H groups in total. The summed E-state index contributed by atoms with van der Waals surface area (Å²) in [6.45, 7) is 6.84. The molecule has 1 aliphatic heterocycles. The fraction of sp³-hybridized carbons (Fsp3) is 0.667. The Balaban J connectivity index is 1.59. The van der Waals surface area contributed by atoms with E-state index in [4.69, 9.17) is 9.47 Å². The normalized spacial score (nSPS) is 18.3. The number of hydrogen-bond acceptors (Lipinski definition) is 6. The SMILES string of the molecule is Cc1nc2nc(C(F)(F)F)nn2c(C)c1CCC(=O)NC(C)COC1CCOC1. The third-order valence-corrected chi connectivity index (χ3v) is 4.78. The molecule has 0 radical (unpaired) electrons. The second-order valence-corrected chi connectivity index (χ2v) is 7.19. The van der Waals surface area contributed by atoms with Crippen LogP contribution in [-0.2, 0) is 26.9 Å². The van der Waals surface area contributed by atoms with Gasteiger partial charge in [-0.05, 0) is 39.2 Å². The van der Waals surface area contributed by atoms with Crippen molar-refractivity contribution in [3.05, 3.63) is 22.8 Å². The van der Waals surface area contributed by atoms with Crippen molar-refractivity contribution in [3.63, 3.8) is 0 Å². The Bertz CT molecular complexity index is 878. The monoisotopic (exact) mass is 415 g/mol. The summed E-state index contributed by atoms with van der Waals surface area (Å²) in [5.41, 5.74) is 1.70. The van der Waals surface area contributed by atoms with E-state index in [9.17, 15) is 18.0 Å². The number of nitrogens with zero attached hydrogens (tertiary/aromatic N) is 4. The molecule has 0 bridgehead atoms. The average molecular weight is 415 g/mol. The van der Waals surface area contributed by atoms with Gasteiger partial charge in [-0.2, -0.15) is 18.2 Å². The Kier molecular flexibility index (Phi) is 6.37. The summed E-state index contributed by atoms with van der Waals surface area (Å²) in [4.78, 5) is 19.8. The van der Waals surface area contributed by atoms with E-state index in [1.54, 1.807) is 13.8 Å². The van der Waals surface area contributed by atoms with Crippen molar-refractivity contribution in [2.75, 3.05) is 19.8 Å². The van der Waals surface area contributed by atoms with Crippen molar-refractivity contribution in [2.45, 2.75) is 58.4 Å². The predicted molar refractivity (Wildman–Crippen MR) is 96.4 cm³/mol. The molecule has 3 rings (SSSR count). The van der Waals surface area contributed by atoms with Crippen molar-refractivity contribution >= 4 is 11.7 Å². The van der Waals surface area contributed by atoms with Crippen molar-refractivity contribution in [1.29, 1.82) is 0 Å². The van der Waals surface area contributed by atoms with E-state index in [-0.39, 0.29) is 30.3 Å². The summed E-state index contributed by atoms with van der Waals surface area (Å²) in [5, 5.41) is 6.38. The summed E-state index contributed by atoms with van der Waals surface area (Å²) in [7, 11) is 0. The molecule has 2 aromatic heterocycles. The van der Waals surface area contributed by atoms with Gasteiger partial charge in [0.25, 0.3) is 11.6 Å². The van der Waals surface area contributed by atoms with Crippen molar-refractivity contribution in [2.24, 2.45) is 0 Å². The van der Waals surface area contributed by atoms with Gasteiger partial charge in [0, 0.05) is 30.5 Å². The van der Waals surface area contributed by atoms with Gasteiger partial charge >= 0.3 is 6.18 Å². The van der Waals surface area contributed by atoms with Gasteiger partial charge in [-0.15, -0.1) is 5.10 Å². The molecule has 0 aromatic carbocycles.